The SMILES string of the molecule is O=C(NC12CC3CC(C1)CC(NC(=O)N1CCCC1)(C3)C2)c1ccccn1. The third-order valence-electron chi connectivity index (χ3n) is 7.10. The molecule has 6 rings (SSSR count). The zero-order chi connectivity index (χ0) is 18.5. The molecule has 1 saturated heterocycles. The number of aromatic nitrogens is 1. The molecule has 2 unspecified atom stereocenters. The molecule has 4 saturated carbocycles. The number of hydrogen-bond acceptors (Lipinski definition) is 3. The number of likely N-dealkylation sites (tertiary alicyclic amines) is 1. The second-order valence-corrected chi connectivity index (χ2v) is 9.32. The molecule has 1 aromatic heterocycles. The largest absolute Gasteiger partial charge is 0.345 e. The molecule has 0 aromatic carbocycles. The summed E-state index contributed by atoms with van der Waals surface area (Å²) in [5.74, 6) is 1.10. The van der Waals surface area contributed by atoms with Crippen LogP contribution in [0.2, 0.25) is 0 Å². The molecule has 4 bridgehead atoms. The lowest BCUT2D eigenvalue weighted by molar-refractivity contribution is -0.0443. The fraction of sp³-hybridized carbons (Fsp3) is 0.667. The Kier molecular flexibility index (Phi) is 3.92. The van der Waals surface area contributed by atoms with Crippen molar-refractivity contribution in [3.63, 3.8) is 0 Å². The minimum atomic E-state index is -0.197. The van der Waals surface area contributed by atoms with Gasteiger partial charge in [-0.25, -0.2) is 4.79 Å². The number of rotatable bonds is 3. The first-order valence-electron chi connectivity index (χ1n) is 10.4. The van der Waals surface area contributed by atoms with Crippen molar-refractivity contribution < 1.29 is 9.59 Å². The molecule has 0 spiro atoms. The number of nitrogens with zero attached hydrogens (tertiary/aromatic N) is 2. The topological polar surface area (TPSA) is 74.3 Å². The molecule has 0 radical (unpaired) electrons. The lowest BCUT2D eigenvalue weighted by atomic mass is 9.50. The monoisotopic (exact) mass is 368 g/mol. The number of amides is 3. The first-order chi connectivity index (χ1) is 13.0. The van der Waals surface area contributed by atoms with Crippen LogP contribution < -0.4 is 10.6 Å². The number of carbonyl (C=O) groups excluding carboxylic acids is 2. The molecule has 2 heterocycles. The van der Waals surface area contributed by atoms with Crippen molar-refractivity contribution in [3.8, 4) is 0 Å². The highest BCUT2D eigenvalue weighted by molar-refractivity contribution is 5.92. The lowest BCUT2D eigenvalue weighted by Crippen LogP contribution is -2.70. The maximum Gasteiger partial charge on any atom is 0.317 e. The van der Waals surface area contributed by atoms with Gasteiger partial charge in [-0.1, -0.05) is 6.07 Å². The summed E-state index contributed by atoms with van der Waals surface area (Å²) in [7, 11) is 0. The minimum Gasteiger partial charge on any atom is -0.345 e. The summed E-state index contributed by atoms with van der Waals surface area (Å²) in [5.41, 5.74) is 0.126. The molecule has 6 heteroatoms. The summed E-state index contributed by atoms with van der Waals surface area (Å²) in [6, 6.07) is 5.53. The highest BCUT2D eigenvalue weighted by Gasteiger charge is 2.59. The van der Waals surface area contributed by atoms with Crippen molar-refractivity contribution in [2.75, 3.05) is 13.1 Å². The predicted octanol–water partition coefficient (Wildman–Crippen LogP) is 2.71. The van der Waals surface area contributed by atoms with E-state index in [4.69, 9.17) is 0 Å². The van der Waals surface area contributed by atoms with Gasteiger partial charge in [0.15, 0.2) is 0 Å². The number of pyridine rings is 1. The van der Waals surface area contributed by atoms with Crippen molar-refractivity contribution in [1.82, 2.24) is 20.5 Å². The summed E-state index contributed by atoms with van der Waals surface area (Å²) >= 11 is 0. The fourth-order valence-corrected chi connectivity index (χ4v) is 6.58. The number of carbonyl (C=O) groups is 2. The molecular weight excluding hydrogens is 340 g/mol. The van der Waals surface area contributed by atoms with Gasteiger partial charge in [0, 0.05) is 30.4 Å². The van der Waals surface area contributed by atoms with Crippen LogP contribution in [-0.4, -0.2) is 46.0 Å². The normalized spacial score (nSPS) is 36.7. The molecule has 2 atom stereocenters. The van der Waals surface area contributed by atoms with Gasteiger partial charge in [0.05, 0.1) is 0 Å². The van der Waals surface area contributed by atoms with Crippen LogP contribution in [0.15, 0.2) is 24.4 Å². The molecule has 3 amide bonds. The van der Waals surface area contributed by atoms with E-state index in [-0.39, 0.29) is 23.0 Å². The van der Waals surface area contributed by atoms with E-state index in [0.29, 0.717) is 17.5 Å². The van der Waals surface area contributed by atoms with Crippen LogP contribution in [0.5, 0.6) is 0 Å². The smallest absolute Gasteiger partial charge is 0.317 e. The Hall–Kier alpha value is -2.11. The summed E-state index contributed by atoms with van der Waals surface area (Å²) < 4.78 is 0. The third-order valence-corrected chi connectivity index (χ3v) is 7.10. The maximum absolute atomic E-state index is 12.8. The molecule has 4 aliphatic carbocycles. The van der Waals surface area contributed by atoms with Crippen LogP contribution in [0, 0.1) is 11.8 Å². The predicted molar refractivity (Wildman–Crippen MR) is 101 cm³/mol. The molecule has 5 fully saturated rings. The number of hydrogen-bond donors (Lipinski definition) is 2. The zero-order valence-corrected chi connectivity index (χ0v) is 15.7. The first kappa shape index (κ1) is 17.0. The second-order valence-electron chi connectivity index (χ2n) is 9.32. The second kappa shape index (κ2) is 6.21. The summed E-state index contributed by atoms with van der Waals surface area (Å²) in [5, 5.41) is 6.77. The van der Waals surface area contributed by atoms with E-state index in [1.54, 1.807) is 12.3 Å². The average molecular weight is 368 g/mol. The Balaban J connectivity index is 1.35. The maximum atomic E-state index is 12.8. The minimum absolute atomic E-state index is 0.0847. The van der Waals surface area contributed by atoms with Gasteiger partial charge >= 0.3 is 6.03 Å². The molecule has 1 aromatic rings. The van der Waals surface area contributed by atoms with Gasteiger partial charge in [-0.05, 0) is 75.3 Å². The number of nitrogens with one attached hydrogen (secondary N) is 2. The van der Waals surface area contributed by atoms with Gasteiger partial charge in [-0.3, -0.25) is 9.78 Å². The molecule has 6 nitrogen and oxygen atoms in total. The van der Waals surface area contributed by atoms with Gasteiger partial charge in [-0.15, -0.1) is 0 Å². The summed E-state index contributed by atoms with van der Waals surface area (Å²) in [4.78, 5) is 31.8. The van der Waals surface area contributed by atoms with Gasteiger partial charge in [0.25, 0.3) is 5.91 Å². The van der Waals surface area contributed by atoms with Crippen LogP contribution in [0.25, 0.3) is 0 Å². The molecule has 1 aliphatic heterocycles. The van der Waals surface area contributed by atoms with E-state index < -0.39 is 0 Å². The Morgan fingerprint density at radius 2 is 1.67 bits per heavy atom. The van der Waals surface area contributed by atoms with Gasteiger partial charge in [-0.2, -0.15) is 0 Å². The fourth-order valence-electron chi connectivity index (χ4n) is 6.58. The van der Waals surface area contributed by atoms with Crippen LogP contribution in [0.4, 0.5) is 4.79 Å². The zero-order valence-electron chi connectivity index (χ0n) is 15.7. The Labute approximate surface area is 160 Å². The standard InChI is InChI=1S/C21H28N4O2/c26-18(17-5-1-2-6-22-17)23-20-10-15-9-16(11-20)13-21(12-15,14-20)24-19(27)25-7-3-4-8-25/h1-2,5-6,15-16H,3-4,7-14H2,(H,23,26)(H,24,27). The Bertz CT molecular complexity index is 730. The lowest BCUT2D eigenvalue weighted by Gasteiger charge is -2.62. The first-order valence-corrected chi connectivity index (χ1v) is 10.4. The van der Waals surface area contributed by atoms with Crippen molar-refractivity contribution in [3.05, 3.63) is 30.1 Å². The highest BCUT2D eigenvalue weighted by Crippen LogP contribution is 2.57. The third kappa shape index (κ3) is 3.09. The van der Waals surface area contributed by atoms with Crippen LogP contribution in [0.3, 0.4) is 0 Å². The molecule has 27 heavy (non-hydrogen) atoms. The molecular formula is C21H28N4O2. The average Bonchev–Trinajstić information content (AvgIpc) is 3.15. The Morgan fingerprint density at radius 3 is 2.30 bits per heavy atom. The van der Waals surface area contributed by atoms with Gasteiger partial charge < -0.3 is 15.5 Å². The molecule has 2 N–H and O–H groups in total. The quantitative estimate of drug-likeness (QED) is 0.861. The molecule has 5 aliphatic rings. The van der Waals surface area contributed by atoms with Crippen LogP contribution in [-0.2, 0) is 0 Å². The van der Waals surface area contributed by atoms with Crippen molar-refractivity contribution in [1.29, 1.82) is 0 Å². The van der Waals surface area contributed by atoms with E-state index in [9.17, 15) is 9.59 Å². The van der Waals surface area contributed by atoms with E-state index in [1.165, 1.54) is 6.42 Å². The van der Waals surface area contributed by atoms with E-state index in [1.807, 2.05) is 17.0 Å². The van der Waals surface area contributed by atoms with Crippen molar-refractivity contribution >= 4 is 11.9 Å². The van der Waals surface area contributed by atoms with Gasteiger partial charge in [0.1, 0.15) is 5.69 Å². The van der Waals surface area contributed by atoms with Crippen molar-refractivity contribution in [2.24, 2.45) is 11.8 Å². The van der Waals surface area contributed by atoms with E-state index in [0.717, 1.165) is 58.0 Å². The summed E-state index contributed by atoms with van der Waals surface area (Å²) in [6.45, 7) is 1.74. The van der Waals surface area contributed by atoms with Gasteiger partial charge in [0.2, 0.25) is 0 Å². The van der Waals surface area contributed by atoms with E-state index >= 15 is 0 Å². The Morgan fingerprint density at radius 1 is 1.00 bits per heavy atom. The molecule has 144 valence electrons. The van der Waals surface area contributed by atoms with Crippen LogP contribution in [0.1, 0.15) is 61.9 Å². The summed E-state index contributed by atoms with van der Waals surface area (Å²) in [6.07, 6.45) is 10.1. The van der Waals surface area contributed by atoms with Crippen LogP contribution >= 0.6 is 0 Å². The van der Waals surface area contributed by atoms with Crippen molar-refractivity contribution in [2.45, 2.75) is 62.4 Å². The highest BCUT2D eigenvalue weighted by atomic mass is 16.2. The van der Waals surface area contributed by atoms with E-state index in [2.05, 4.69) is 15.6 Å². The number of urea groups is 1.